The van der Waals surface area contributed by atoms with Crippen molar-refractivity contribution in [2.45, 2.75) is 46.6 Å². The van der Waals surface area contributed by atoms with Gasteiger partial charge in [0.1, 0.15) is 5.15 Å². The molecule has 0 radical (unpaired) electrons. The molecule has 0 atom stereocenters. The fourth-order valence-corrected chi connectivity index (χ4v) is 2.40. The van der Waals surface area contributed by atoms with Gasteiger partial charge in [-0.2, -0.15) is 0 Å². The van der Waals surface area contributed by atoms with Gasteiger partial charge in [0.2, 0.25) is 0 Å². The highest BCUT2D eigenvalue weighted by Gasteiger charge is 2.23. The number of rotatable bonds is 6. The quantitative estimate of drug-likeness (QED) is 0.738. The van der Waals surface area contributed by atoms with Gasteiger partial charge in [-0.3, -0.25) is 4.79 Å². The van der Waals surface area contributed by atoms with Crippen LogP contribution in [0.5, 0.6) is 0 Å². The number of carbonyl (C=O) groups excluding carboxylic acids is 1. The SMILES string of the molecule is CCC(CC)N(CC(C)C)C(=O)c1ccnc(Cl)c1. The number of amides is 1. The van der Waals surface area contributed by atoms with E-state index >= 15 is 0 Å². The highest BCUT2D eigenvalue weighted by molar-refractivity contribution is 6.29. The molecule has 1 aromatic rings. The summed E-state index contributed by atoms with van der Waals surface area (Å²) < 4.78 is 0. The van der Waals surface area contributed by atoms with Gasteiger partial charge in [-0.05, 0) is 30.9 Å². The number of hydrogen-bond acceptors (Lipinski definition) is 2. The molecule has 0 bridgehead atoms. The van der Waals surface area contributed by atoms with Crippen molar-refractivity contribution in [3.8, 4) is 0 Å². The number of pyridine rings is 1. The molecule has 106 valence electrons. The Kier molecular flexibility index (Phi) is 6.29. The fourth-order valence-electron chi connectivity index (χ4n) is 2.22. The van der Waals surface area contributed by atoms with Crippen molar-refractivity contribution < 1.29 is 4.79 Å². The summed E-state index contributed by atoms with van der Waals surface area (Å²) >= 11 is 5.86. The molecule has 1 amide bonds. The summed E-state index contributed by atoms with van der Waals surface area (Å²) in [6, 6.07) is 3.64. The second kappa shape index (κ2) is 7.49. The van der Waals surface area contributed by atoms with E-state index in [2.05, 4.69) is 32.7 Å². The van der Waals surface area contributed by atoms with Crippen LogP contribution in [0, 0.1) is 5.92 Å². The molecule has 1 rings (SSSR count). The average molecular weight is 283 g/mol. The van der Waals surface area contributed by atoms with Crippen molar-refractivity contribution in [2.75, 3.05) is 6.54 Å². The average Bonchev–Trinajstić information content (AvgIpc) is 2.37. The zero-order valence-electron chi connectivity index (χ0n) is 12.2. The van der Waals surface area contributed by atoms with Gasteiger partial charge in [0.25, 0.3) is 5.91 Å². The molecule has 0 aliphatic heterocycles. The van der Waals surface area contributed by atoms with E-state index < -0.39 is 0 Å². The highest BCUT2D eigenvalue weighted by atomic mass is 35.5. The minimum atomic E-state index is 0.0479. The molecular formula is C15H23ClN2O. The largest absolute Gasteiger partial charge is 0.335 e. The molecule has 0 saturated heterocycles. The molecule has 1 aromatic heterocycles. The van der Waals surface area contributed by atoms with Crippen LogP contribution in [0.25, 0.3) is 0 Å². The van der Waals surface area contributed by atoms with Gasteiger partial charge in [-0.1, -0.05) is 39.3 Å². The van der Waals surface area contributed by atoms with E-state index in [9.17, 15) is 4.79 Å². The molecule has 0 aliphatic rings. The lowest BCUT2D eigenvalue weighted by Crippen LogP contribution is -2.42. The van der Waals surface area contributed by atoms with Crippen molar-refractivity contribution in [3.05, 3.63) is 29.0 Å². The Morgan fingerprint density at radius 1 is 1.37 bits per heavy atom. The van der Waals surface area contributed by atoms with Crippen molar-refractivity contribution in [2.24, 2.45) is 5.92 Å². The van der Waals surface area contributed by atoms with E-state index in [1.54, 1.807) is 18.3 Å². The first-order chi connectivity index (χ1) is 8.99. The third-order valence-corrected chi connectivity index (χ3v) is 3.39. The first-order valence-electron chi connectivity index (χ1n) is 6.92. The Bertz CT molecular complexity index is 416. The molecule has 0 N–H and O–H groups in total. The maximum absolute atomic E-state index is 12.6. The summed E-state index contributed by atoms with van der Waals surface area (Å²) in [7, 11) is 0. The van der Waals surface area contributed by atoms with E-state index in [0.717, 1.165) is 19.4 Å². The van der Waals surface area contributed by atoms with Crippen LogP contribution < -0.4 is 0 Å². The zero-order chi connectivity index (χ0) is 14.4. The molecule has 4 heteroatoms. The minimum Gasteiger partial charge on any atom is -0.335 e. The topological polar surface area (TPSA) is 33.2 Å². The predicted molar refractivity (Wildman–Crippen MR) is 79.5 cm³/mol. The summed E-state index contributed by atoms with van der Waals surface area (Å²) in [5.41, 5.74) is 0.618. The van der Waals surface area contributed by atoms with Crippen LogP contribution in [0.1, 0.15) is 50.9 Å². The lowest BCUT2D eigenvalue weighted by Gasteiger charge is -2.32. The molecule has 1 heterocycles. The van der Waals surface area contributed by atoms with Crippen molar-refractivity contribution in [3.63, 3.8) is 0 Å². The Morgan fingerprint density at radius 3 is 2.47 bits per heavy atom. The van der Waals surface area contributed by atoms with Crippen LogP contribution in [0.2, 0.25) is 5.15 Å². The normalized spacial score (nSPS) is 11.1. The third kappa shape index (κ3) is 4.50. The molecule has 0 unspecified atom stereocenters. The summed E-state index contributed by atoms with van der Waals surface area (Å²) in [4.78, 5) is 18.5. The van der Waals surface area contributed by atoms with Gasteiger partial charge in [0, 0.05) is 24.3 Å². The van der Waals surface area contributed by atoms with Gasteiger partial charge in [-0.25, -0.2) is 4.98 Å². The second-order valence-electron chi connectivity index (χ2n) is 5.19. The van der Waals surface area contributed by atoms with Crippen molar-refractivity contribution in [1.82, 2.24) is 9.88 Å². The Labute approximate surface area is 121 Å². The van der Waals surface area contributed by atoms with Crippen LogP contribution in [-0.4, -0.2) is 28.4 Å². The van der Waals surface area contributed by atoms with E-state index in [1.165, 1.54) is 0 Å². The van der Waals surface area contributed by atoms with Crippen LogP contribution in [0.3, 0.4) is 0 Å². The number of nitrogens with zero attached hydrogens (tertiary/aromatic N) is 2. The molecule has 0 spiro atoms. The van der Waals surface area contributed by atoms with Gasteiger partial charge in [-0.15, -0.1) is 0 Å². The standard InChI is InChI=1S/C15H23ClN2O/c1-5-13(6-2)18(10-11(3)4)15(19)12-7-8-17-14(16)9-12/h7-9,11,13H,5-6,10H2,1-4H3. The van der Waals surface area contributed by atoms with Crippen LogP contribution in [0.4, 0.5) is 0 Å². The van der Waals surface area contributed by atoms with Gasteiger partial charge >= 0.3 is 0 Å². The number of halogens is 1. The molecular weight excluding hydrogens is 260 g/mol. The number of aromatic nitrogens is 1. The summed E-state index contributed by atoms with van der Waals surface area (Å²) in [6.45, 7) is 9.26. The predicted octanol–water partition coefficient (Wildman–Crippen LogP) is 4.02. The molecule has 0 saturated carbocycles. The second-order valence-corrected chi connectivity index (χ2v) is 5.58. The Morgan fingerprint density at radius 2 is 2.00 bits per heavy atom. The minimum absolute atomic E-state index is 0.0479. The molecule has 0 fully saturated rings. The van der Waals surface area contributed by atoms with Crippen LogP contribution in [-0.2, 0) is 0 Å². The van der Waals surface area contributed by atoms with Crippen molar-refractivity contribution >= 4 is 17.5 Å². The van der Waals surface area contributed by atoms with Crippen LogP contribution in [0.15, 0.2) is 18.3 Å². The number of hydrogen-bond donors (Lipinski definition) is 0. The highest BCUT2D eigenvalue weighted by Crippen LogP contribution is 2.17. The first kappa shape index (κ1) is 16.0. The Balaban J connectivity index is 2.99. The first-order valence-corrected chi connectivity index (χ1v) is 7.29. The monoisotopic (exact) mass is 282 g/mol. The molecule has 3 nitrogen and oxygen atoms in total. The number of carbonyl (C=O) groups is 1. The maximum Gasteiger partial charge on any atom is 0.254 e. The third-order valence-electron chi connectivity index (χ3n) is 3.18. The zero-order valence-corrected chi connectivity index (χ0v) is 12.9. The fraction of sp³-hybridized carbons (Fsp3) is 0.600. The Hall–Kier alpha value is -1.09. The van der Waals surface area contributed by atoms with E-state index in [1.807, 2.05) is 4.90 Å². The molecule has 0 aromatic carbocycles. The molecule has 0 aliphatic carbocycles. The van der Waals surface area contributed by atoms with Gasteiger partial charge in [0.15, 0.2) is 0 Å². The molecule has 19 heavy (non-hydrogen) atoms. The van der Waals surface area contributed by atoms with Crippen LogP contribution >= 0.6 is 11.6 Å². The smallest absolute Gasteiger partial charge is 0.254 e. The summed E-state index contributed by atoms with van der Waals surface area (Å²) in [5.74, 6) is 0.494. The lowest BCUT2D eigenvalue weighted by molar-refractivity contribution is 0.0640. The van der Waals surface area contributed by atoms with E-state index in [-0.39, 0.29) is 11.9 Å². The summed E-state index contributed by atoms with van der Waals surface area (Å²) in [6.07, 6.45) is 3.51. The van der Waals surface area contributed by atoms with Crippen molar-refractivity contribution in [1.29, 1.82) is 0 Å². The van der Waals surface area contributed by atoms with Gasteiger partial charge < -0.3 is 4.90 Å². The van der Waals surface area contributed by atoms with Gasteiger partial charge in [0.05, 0.1) is 0 Å². The maximum atomic E-state index is 12.6. The summed E-state index contributed by atoms with van der Waals surface area (Å²) in [5, 5.41) is 0.361. The lowest BCUT2D eigenvalue weighted by atomic mass is 10.1. The van der Waals surface area contributed by atoms with E-state index in [0.29, 0.717) is 16.6 Å². The van der Waals surface area contributed by atoms with E-state index in [4.69, 9.17) is 11.6 Å².